The Bertz CT molecular complexity index is 454. The lowest BCUT2D eigenvalue weighted by Crippen LogP contribution is -2.44. The SMILES string of the molecule is CNCC1CCCN1C(=O)C(C)n1nc(C)cc1C. The van der Waals surface area contributed by atoms with Gasteiger partial charge in [0.15, 0.2) is 0 Å². The number of likely N-dealkylation sites (N-methyl/N-ethyl adjacent to an activating group) is 1. The molecule has 1 aromatic heterocycles. The number of likely N-dealkylation sites (tertiary alicyclic amines) is 1. The molecule has 2 unspecified atom stereocenters. The zero-order valence-electron chi connectivity index (χ0n) is 12.3. The van der Waals surface area contributed by atoms with Gasteiger partial charge in [-0.3, -0.25) is 9.48 Å². The van der Waals surface area contributed by atoms with Crippen LogP contribution in [0.2, 0.25) is 0 Å². The van der Waals surface area contributed by atoms with Crippen molar-refractivity contribution in [1.82, 2.24) is 20.0 Å². The number of amides is 1. The molecule has 5 heteroatoms. The fourth-order valence-electron chi connectivity index (χ4n) is 2.96. The molecule has 0 saturated carbocycles. The van der Waals surface area contributed by atoms with Gasteiger partial charge in [0.1, 0.15) is 6.04 Å². The molecule has 1 aromatic rings. The molecule has 1 saturated heterocycles. The highest BCUT2D eigenvalue weighted by molar-refractivity contribution is 5.80. The van der Waals surface area contributed by atoms with Crippen LogP contribution in [0.3, 0.4) is 0 Å². The molecule has 0 radical (unpaired) electrons. The Morgan fingerprint density at radius 1 is 1.58 bits per heavy atom. The summed E-state index contributed by atoms with van der Waals surface area (Å²) in [6, 6.07) is 2.13. The zero-order chi connectivity index (χ0) is 14.0. The summed E-state index contributed by atoms with van der Waals surface area (Å²) in [4.78, 5) is 14.6. The van der Waals surface area contributed by atoms with Crippen LogP contribution < -0.4 is 5.32 Å². The normalized spacial score (nSPS) is 20.8. The molecule has 0 aliphatic carbocycles. The van der Waals surface area contributed by atoms with Crippen LogP contribution in [0.15, 0.2) is 6.07 Å². The van der Waals surface area contributed by atoms with Crippen LogP contribution in [0, 0.1) is 13.8 Å². The first-order valence-electron chi connectivity index (χ1n) is 7.02. The Hall–Kier alpha value is -1.36. The smallest absolute Gasteiger partial charge is 0.247 e. The van der Waals surface area contributed by atoms with Gasteiger partial charge in [-0.25, -0.2) is 0 Å². The molecule has 2 rings (SSSR count). The van der Waals surface area contributed by atoms with E-state index in [4.69, 9.17) is 0 Å². The van der Waals surface area contributed by atoms with Gasteiger partial charge < -0.3 is 10.2 Å². The molecular weight excluding hydrogens is 240 g/mol. The van der Waals surface area contributed by atoms with Crippen molar-refractivity contribution in [2.24, 2.45) is 0 Å². The standard InChI is InChI=1S/C14H24N4O/c1-10-8-11(2)18(16-10)12(3)14(19)17-7-5-6-13(17)9-15-4/h8,12-13,15H,5-7,9H2,1-4H3. The predicted octanol–water partition coefficient (Wildman–Crippen LogP) is 1.27. The fraction of sp³-hybridized carbons (Fsp3) is 0.714. The lowest BCUT2D eigenvalue weighted by molar-refractivity contribution is -0.135. The summed E-state index contributed by atoms with van der Waals surface area (Å²) < 4.78 is 1.84. The summed E-state index contributed by atoms with van der Waals surface area (Å²) in [6.45, 7) is 7.64. The third-order valence-corrected chi connectivity index (χ3v) is 3.87. The Morgan fingerprint density at radius 3 is 2.89 bits per heavy atom. The number of hydrogen-bond donors (Lipinski definition) is 1. The maximum absolute atomic E-state index is 12.6. The van der Waals surface area contributed by atoms with Crippen molar-refractivity contribution < 1.29 is 4.79 Å². The van der Waals surface area contributed by atoms with Crippen molar-refractivity contribution >= 4 is 5.91 Å². The number of aromatic nitrogens is 2. The van der Waals surface area contributed by atoms with E-state index >= 15 is 0 Å². The molecule has 0 spiro atoms. The van der Waals surface area contributed by atoms with Gasteiger partial charge in [-0.05, 0) is 46.7 Å². The van der Waals surface area contributed by atoms with E-state index in [9.17, 15) is 4.79 Å². The van der Waals surface area contributed by atoms with Crippen LogP contribution in [0.1, 0.15) is 37.2 Å². The van der Waals surface area contributed by atoms with E-state index in [1.165, 1.54) is 0 Å². The molecule has 0 bridgehead atoms. The number of aryl methyl sites for hydroxylation is 2. The Labute approximate surface area is 115 Å². The molecule has 5 nitrogen and oxygen atoms in total. The van der Waals surface area contributed by atoms with Gasteiger partial charge in [0, 0.05) is 24.8 Å². The topological polar surface area (TPSA) is 50.2 Å². The second kappa shape index (κ2) is 5.74. The van der Waals surface area contributed by atoms with Crippen LogP contribution in [0.5, 0.6) is 0 Å². The second-order valence-corrected chi connectivity index (χ2v) is 5.43. The minimum atomic E-state index is -0.217. The first-order valence-corrected chi connectivity index (χ1v) is 7.02. The number of nitrogens with zero attached hydrogens (tertiary/aromatic N) is 3. The molecule has 2 atom stereocenters. The summed E-state index contributed by atoms with van der Waals surface area (Å²) in [5, 5.41) is 7.60. The van der Waals surface area contributed by atoms with Gasteiger partial charge in [0.2, 0.25) is 5.91 Å². The van der Waals surface area contributed by atoms with Gasteiger partial charge in [-0.15, -0.1) is 0 Å². The summed E-state index contributed by atoms with van der Waals surface area (Å²) in [6.07, 6.45) is 2.19. The molecule has 1 amide bonds. The predicted molar refractivity (Wildman–Crippen MR) is 75.1 cm³/mol. The maximum atomic E-state index is 12.6. The summed E-state index contributed by atoms with van der Waals surface area (Å²) in [7, 11) is 1.94. The minimum Gasteiger partial charge on any atom is -0.337 e. The lowest BCUT2D eigenvalue weighted by Gasteiger charge is -2.28. The average molecular weight is 264 g/mol. The molecular formula is C14H24N4O. The van der Waals surface area contributed by atoms with Crippen LogP contribution in [-0.2, 0) is 4.79 Å². The monoisotopic (exact) mass is 264 g/mol. The van der Waals surface area contributed by atoms with Crippen molar-refractivity contribution in [3.05, 3.63) is 17.5 Å². The number of carbonyl (C=O) groups is 1. The summed E-state index contributed by atoms with van der Waals surface area (Å²) >= 11 is 0. The highest BCUT2D eigenvalue weighted by Crippen LogP contribution is 2.22. The molecule has 2 heterocycles. The van der Waals surface area contributed by atoms with Crippen molar-refractivity contribution in [3.8, 4) is 0 Å². The molecule has 106 valence electrons. The van der Waals surface area contributed by atoms with E-state index in [0.29, 0.717) is 6.04 Å². The molecule has 0 aromatic carbocycles. The highest BCUT2D eigenvalue weighted by atomic mass is 16.2. The number of nitrogens with one attached hydrogen (secondary N) is 1. The van der Waals surface area contributed by atoms with E-state index < -0.39 is 0 Å². The molecule has 1 aliphatic heterocycles. The van der Waals surface area contributed by atoms with Gasteiger partial charge >= 0.3 is 0 Å². The van der Waals surface area contributed by atoms with E-state index in [1.54, 1.807) is 0 Å². The van der Waals surface area contributed by atoms with Crippen LogP contribution in [-0.4, -0.2) is 46.8 Å². The molecule has 1 N–H and O–H groups in total. The van der Waals surface area contributed by atoms with E-state index in [2.05, 4.69) is 10.4 Å². The van der Waals surface area contributed by atoms with Crippen molar-refractivity contribution in [3.63, 3.8) is 0 Å². The number of carbonyl (C=O) groups excluding carboxylic acids is 1. The van der Waals surface area contributed by atoms with Gasteiger partial charge in [0.05, 0.1) is 5.69 Å². The molecule has 1 aliphatic rings. The van der Waals surface area contributed by atoms with Crippen LogP contribution in [0.25, 0.3) is 0 Å². The largest absolute Gasteiger partial charge is 0.337 e. The van der Waals surface area contributed by atoms with E-state index in [0.717, 1.165) is 37.3 Å². The van der Waals surface area contributed by atoms with Crippen LogP contribution >= 0.6 is 0 Å². The minimum absolute atomic E-state index is 0.184. The fourth-order valence-corrected chi connectivity index (χ4v) is 2.96. The molecule has 19 heavy (non-hydrogen) atoms. The van der Waals surface area contributed by atoms with Gasteiger partial charge in [0.25, 0.3) is 0 Å². The Balaban J connectivity index is 2.12. The average Bonchev–Trinajstić information content (AvgIpc) is 2.94. The maximum Gasteiger partial charge on any atom is 0.247 e. The van der Waals surface area contributed by atoms with E-state index in [-0.39, 0.29) is 11.9 Å². The van der Waals surface area contributed by atoms with Crippen molar-refractivity contribution in [2.75, 3.05) is 20.1 Å². The molecule has 1 fully saturated rings. The van der Waals surface area contributed by atoms with Crippen molar-refractivity contribution in [2.45, 2.75) is 45.7 Å². The van der Waals surface area contributed by atoms with Crippen LogP contribution in [0.4, 0.5) is 0 Å². The van der Waals surface area contributed by atoms with E-state index in [1.807, 2.05) is 43.5 Å². The zero-order valence-corrected chi connectivity index (χ0v) is 12.3. The first kappa shape index (κ1) is 14.1. The Kier molecular flexibility index (Phi) is 4.24. The Morgan fingerprint density at radius 2 is 2.32 bits per heavy atom. The van der Waals surface area contributed by atoms with Gasteiger partial charge in [-0.2, -0.15) is 5.10 Å². The number of rotatable bonds is 4. The summed E-state index contributed by atoms with van der Waals surface area (Å²) in [5.41, 5.74) is 2.01. The number of hydrogen-bond acceptors (Lipinski definition) is 3. The van der Waals surface area contributed by atoms with Crippen molar-refractivity contribution in [1.29, 1.82) is 0 Å². The van der Waals surface area contributed by atoms with Gasteiger partial charge in [-0.1, -0.05) is 0 Å². The lowest BCUT2D eigenvalue weighted by atomic mass is 10.2. The summed E-state index contributed by atoms with van der Waals surface area (Å²) in [5.74, 6) is 0.184. The quantitative estimate of drug-likeness (QED) is 0.891. The third kappa shape index (κ3) is 2.81. The third-order valence-electron chi connectivity index (χ3n) is 3.87. The second-order valence-electron chi connectivity index (χ2n) is 5.43. The highest BCUT2D eigenvalue weighted by Gasteiger charge is 2.32. The first-order chi connectivity index (χ1) is 9.04.